The lowest BCUT2D eigenvalue weighted by atomic mass is 9.96. The second kappa shape index (κ2) is 7.58. The highest BCUT2D eigenvalue weighted by atomic mass is 32.1. The molecule has 6 nitrogen and oxygen atoms in total. The molecule has 0 aromatic carbocycles. The van der Waals surface area contributed by atoms with Crippen molar-refractivity contribution in [2.45, 2.75) is 31.9 Å². The SMILES string of the molecule is Cc1cc(C(=O)N2CCC[C@@H](c3nc(-c4cccs4)cc(C(F)(F)F)n3)C2)on1. The summed E-state index contributed by atoms with van der Waals surface area (Å²) in [7, 11) is 0. The largest absolute Gasteiger partial charge is 0.433 e. The lowest BCUT2D eigenvalue weighted by Crippen LogP contribution is -2.39. The van der Waals surface area contributed by atoms with Gasteiger partial charge in [-0.1, -0.05) is 11.2 Å². The predicted octanol–water partition coefficient (Wildman–Crippen LogP) is 4.54. The van der Waals surface area contributed by atoms with Crippen LogP contribution in [0.2, 0.25) is 0 Å². The van der Waals surface area contributed by atoms with Crippen molar-refractivity contribution in [1.29, 1.82) is 0 Å². The summed E-state index contributed by atoms with van der Waals surface area (Å²) < 4.78 is 45.3. The molecule has 0 unspecified atom stereocenters. The van der Waals surface area contributed by atoms with Crippen molar-refractivity contribution in [3.63, 3.8) is 0 Å². The molecule has 1 fully saturated rings. The van der Waals surface area contributed by atoms with Gasteiger partial charge in [-0.25, -0.2) is 9.97 Å². The summed E-state index contributed by atoms with van der Waals surface area (Å²) in [6.07, 6.45) is -3.34. The summed E-state index contributed by atoms with van der Waals surface area (Å²) in [6, 6.07) is 6.00. The average molecular weight is 422 g/mol. The Morgan fingerprint density at radius 3 is 2.79 bits per heavy atom. The number of alkyl halides is 3. The number of likely N-dealkylation sites (tertiary alicyclic amines) is 1. The zero-order valence-corrected chi connectivity index (χ0v) is 16.3. The third kappa shape index (κ3) is 4.16. The van der Waals surface area contributed by atoms with Crippen LogP contribution in [-0.2, 0) is 6.18 Å². The van der Waals surface area contributed by atoms with Gasteiger partial charge >= 0.3 is 6.18 Å². The van der Waals surface area contributed by atoms with Crippen molar-refractivity contribution in [2.24, 2.45) is 0 Å². The number of amides is 1. The van der Waals surface area contributed by atoms with Crippen LogP contribution in [0.4, 0.5) is 13.2 Å². The molecule has 152 valence electrons. The van der Waals surface area contributed by atoms with E-state index >= 15 is 0 Å². The second-order valence-electron chi connectivity index (χ2n) is 6.89. The quantitative estimate of drug-likeness (QED) is 0.620. The highest BCUT2D eigenvalue weighted by molar-refractivity contribution is 7.13. The lowest BCUT2D eigenvalue weighted by molar-refractivity contribution is -0.141. The first-order valence-electron chi connectivity index (χ1n) is 9.04. The van der Waals surface area contributed by atoms with Crippen molar-refractivity contribution >= 4 is 17.2 Å². The van der Waals surface area contributed by atoms with Crippen LogP contribution in [0.1, 0.15) is 46.5 Å². The number of hydrogen-bond donors (Lipinski definition) is 0. The molecule has 4 heterocycles. The molecule has 1 saturated heterocycles. The van der Waals surface area contributed by atoms with Crippen molar-refractivity contribution in [3.05, 3.63) is 52.6 Å². The molecule has 1 aliphatic rings. The predicted molar refractivity (Wildman–Crippen MR) is 99.5 cm³/mol. The minimum atomic E-state index is -4.58. The van der Waals surface area contributed by atoms with Gasteiger partial charge < -0.3 is 9.42 Å². The van der Waals surface area contributed by atoms with E-state index in [-0.39, 0.29) is 29.7 Å². The number of carbonyl (C=O) groups excluding carboxylic acids is 1. The van der Waals surface area contributed by atoms with E-state index in [1.165, 1.54) is 11.3 Å². The standard InChI is InChI=1S/C19H17F3N4O2S/c1-11-8-14(28-25-11)18(27)26-6-2-4-12(10-26)17-23-13(15-5-3-7-29-15)9-16(24-17)19(20,21)22/h3,5,7-9,12H,2,4,6,10H2,1H3/t12-/m1/s1. The summed E-state index contributed by atoms with van der Waals surface area (Å²) >= 11 is 1.31. The Bertz CT molecular complexity index is 1020. The molecule has 0 radical (unpaired) electrons. The Hall–Kier alpha value is -2.75. The van der Waals surface area contributed by atoms with Gasteiger partial charge in [-0.3, -0.25) is 4.79 Å². The Kier molecular flexibility index (Phi) is 5.12. The average Bonchev–Trinajstić information content (AvgIpc) is 3.38. The molecule has 29 heavy (non-hydrogen) atoms. The molecule has 0 aliphatic carbocycles. The molecule has 0 N–H and O–H groups in total. The molecule has 0 bridgehead atoms. The number of thiophene rings is 1. The first kappa shape index (κ1) is 19.6. The summed E-state index contributed by atoms with van der Waals surface area (Å²) in [6.45, 7) is 2.43. The molecule has 4 rings (SSSR count). The third-order valence-electron chi connectivity index (χ3n) is 4.72. The van der Waals surface area contributed by atoms with Crippen LogP contribution < -0.4 is 0 Å². The molecule has 3 aromatic heterocycles. The van der Waals surface area contributed by atoms with Crippen LogP contribution in [0.5, 0.6) is 0 Å². The fourth-order valence-corrected chi connectivity index (χ4v) is 4.02. The van der Waals surface area contributed by atoms with Gasteiger partial charge in [-0.05, 0) is 37.3 Å². The van der Waals surface area contributed by atoms with Gasteiger partial charge in [0.25, 0.3) is 5.91 Å². The fourth-order valence-electron chi connectivity index (χ4n) is 3.34. The van der Waals surface area contributed by atoms with E-state index in [0.29, 0.717) is 30.0 Å². The normalized spacial score (nSPS) is 17.5. The number of hydrogen-bond acceptors (Lipinski definition) is 6. The second-order valence-corrected chi connectivity index (χ2v) is 7.84. The zero-order valence-electron chi connectivity index (χ0n) is 15.4. The monoisotopic (exact) mass is 422 g/mol. The number of aromatic nitrogens is 3. The number of carbonyl (C=O) groups is 1. The highest BCUT2D eigenvalue weighted by Crippen LogP contribution is 2.34. The van der Waals surface area contributed by atoms with Crippen LogP contribution in [0.3, 0.4) is 0 Å². The van der Waals surface area contributed by atoms with Crippen LogP contribution in [0.25, 0.3) is 10.6 Å². The van der Waals surface area contributed by atoms with Crippen LogP contribution in [0, 0.1) is 6.92 Å². The lowest BCUT2D eigenvalue weighted by Gasteiger charge is -2.31. The van der Waals surface area contributed by atoms with Gasteiger partial charge in [0, 0.05) is 25.1 Å². The van der Waals surface area contributed by atoms with Gasteiger partial charge in [0.05, 0.1) is 16.3 Å². The van der Waals surface area contributed by atoms with E-state index < -0.39 is 17.8 Å². The van der Waals surface area contributed by atoms with E-state index in [0.717, 1.165) is 6.07 Å². The van der Waals surface area contributed by atoms with Crippen molar-refractivity contribution < 1.29 is 22.5 Å². The topological polar surface area (TPSA) is 72.1 Å². The van der Waals surface area contributed by atoms with Crippen LogP contribution >= 0.6 is 11.3 Å². The summed E-state index contributed by atoms with van der Waals surface area (Å²) in [5, 5.41) is 5.50. The van der Waals surface area contributed by atoms with Crippen molar-refractivity contribution in [1.82, 2.24) is 20.0 Å². The first-order chi connectivity index (χ1) is 13.8. The fraction of sp³-hybridized carbons (Fsp3) is 0.368. The molecule has 3 aromatic rings. The van der Waals surface area contributed by atoms with Gasteiger partial charge in [-0.15, -0.1) is 11.3 Å². The Labute approximate surface area is 168 Å². The van der Waals surface area contributed by atoms with Crippen molar-refractivity contribution in [3.8, 4) is 10.6 Å². The van der Waals surface area contributed by atoms with Gasteiger partial charge in [0.15, 0.2) is 0 Å². The summed E-state index contributed by atoms with van der Waals surface area (Å²) in [5.41, 5.74) is -0.143. The molecule has 1 amide bonds. The molecular weight excluding hydrogens is 405 g/mol. The van der Waals surface area contributed by atoms with Crippen LogP contribution in [-0.4, -0.2) is 39.0 Å². The number of halogens is 3. The Morgan fingerprint density at radius 2 is 2.14 bits per heavy atom. The van der Waals surface area contributed by atoms with E-state index in [1.54, 1.807) is 35.4 Å². The molecule has 0 spiro atoms. The van der Waals surface area contributed by atoms with Gasteiger partial charge in [0.1, 0.15) is 11.5 Å². The van der Waals surface area contributed by atoms with E-state index in [9.17, 15) is 18.0 Å². The van der Waals surface area contributed by atoms with Crippen molar-refractivity contribution in [2.75, 3.05) is 13.1 Å². The van der Waals surface area contributed by atoms with Gasteiger partial charge in [0.2, 0.25) is 5.76 Å². The maximum atomic E-state index is 13.4. The molecule has 10 heteroatoms. The zero-order chi connectivity index (χ0) is 20.6. The number of nitrogens with zero attached hydrogens (tertiary/aromatic N) is 4. The number of piperidine rings is 1. The maximum absolute atomic E-state index is 13.4. The highest BCUT2D eigenvalue weighted by Gasteiger charge is 2.36. The number of rotatable bonds is 3. The maximum Gasteiger partial charge on any atom is 0.433 e. The van der Waals surface area contributed by atoms with E-state index in [2.05, 4.69) is 15.1 Å². The molecule has 1 aliphatic heterocycles. The minimum absolute atomic E-state index is 0.106. The smallest absolute Gasteiger partial charge is 0.351 e. The third-order valence-corrected chi connectivity index (χ3v) is 5.61. The van der Waals surface area contributed by atoms with E-state index in [4.69, 9.17) is 4.52 Å². The summed E-state index contributed by atoms with van der Waals surface area (Å²) in [5.74, 6) is -0.500. The molecule has 1 atom stereocenters. The first-order valence-corrected chi connectivity index (χ1v) is 9.92. The number of aryl methyl sites for hydroxylation is 1. The Balaban J connectivity index is 1.64. The minimum Gasteiger partial charge on any atom is -0.351 e. The Morgan fingerprint density at radius 1 is 1.31 bits per heavy atom. The molecular formula is C19H17F3N4O2S. The summed E-state index contributed by atoms with van der Waals surface area (Å²) in [4.78, 5) is 23.1. The van der Waals surface area contributed by atoms with E-state index in [1.807, 2.05) is 0 Å². The van der Waals surface area contributed by atoms with Gasteiger partial charge in [-0.2, -0.15) is 13.2 Å². The molecule has 0 saturated carbocycles. The van der Waals surface area contributed by atoms with Crippen LogP contribution in [0.15, 0.2) is 34.2 Å².